The minimum Gasteiger partial charge on any atom is -0.450 e. The molecule has 26 heavy (non-hydrogen) atoms. The lowest BCUT2D eigenvalue weighted by Gasteiger charge is -2.14. The fourth-order valence-electron chi connectivity index (χ4n) is 3.13. The maximum atomic E-state index is 6.16. The van der Waals surface area contributed by atoms with Gasteiger partial charge in [0.05, 0.1) is 18.4 Å². The maximum Gasteiger partial charge on any atom is 0.215 e. The first-order valence-corrected chi connectivity index (χ1v) is 9.41. The number of fused-ring (bicyclic) bond motifs is 1. The molecule has 0 spiro atoms. The molecule has 3 aromatic rings. The van der Waals surface area contributed by atoms with Crippen molar-refractivity contribution in [2.24, 2.45) is 0 Å². The zero-order valence-electron chi connectivity index (χ0n) is 14.5. The molecule has 1 fully saturated rings. The third-order valence-electron chi connectivity index (χ3n) is 4.39. The Balaban J connectivity index is 1.31. The normalized spacial score (nSPS) is 20.2. The van der Waals surface area contributed by atoms with Crippen LogP contribution >= 0.6 is 9.03 Å². The van der Waals surface area contributed by atoms with E-state index in [1.807, 2.05) is 48.0 Å². The number of ether oxygens (including phenoxy) is 1. The third kappa shape index (κ3) is 3.65. The van der Waals surface area contributed by atoms with Gasteiger partial charge in [-0.05, 0) is 37.1 Å². The van der Waals surface area contributed by atoms with E-state index in [4.69, 9.17) is 13.8 Å². The summed E-state index contributed by atoms with van der Waals surface area (Å²) >= 11 is 0. The summed E-state index contributed by atoms with van der Waals surface area (Å²) in [5.74, 6) is 1.62. The molecule has 136 valence electrons. The summed E-state index contributed by atoms with van der Waals surface area (Å²) in [7, 11) is 1.82. The molecule has 3 heterocycles. The standard InChI is InChI=1S/C18H21N4O3P/c1-19-18-16-9-8-15(22(16)21-12-20-18)17-10-7-14(24-17)11-23-26-25-13-5-3-2-4-6-13/h2-6,8-9,12,14,17,26H,7,10-11H2,1H3,(H,19,20,21). The molecule has 4 rings (SSSR count). The highest BCUT2D eigenvalue weighted by molar-refractivity contribution is 7.26. The lowest BCUT2D eigenvalue weighted by molar-refractivity contribution is 0.0164. The van der Waals surface area contributed by atoms with E-state index >= 15 is 0 Å². The van der Waals surface area contributed by atoms with Crippen LogP contribution in [0.1, 0.15) is 24.6 Å². The predicted molar refractivity (Wildman–Crippen MR) is 101 cm³/mol. The molecule has 1 saturated heterocycles. The molecule has 3 atom stereocenters. The first-order valence-electron chi connectivity index (χ1n) is 8.59. The molecule has 1 aliphatic rings. The summed E-state index contributed by atoms with van der Waals surface area (Å²) in [4.78, 5) is 4.24. The summed E-state index contributed by atoms with van der Waals surface area (Å²) < 4.78 is 19.3. The van der Waals surface area contributed by atoms with Crippen LogP contribution in [-0.2, 0) is 9.26 Å². The summed E-state index contributed by atoms with van der Waals surface area (Å²) in [6.07, 6.45) is 3.55. The highest BCUT2D eigenvalue weighted by Gasteiger charge is 2.29. The summed E-state index contributed by atoms with van der Waals surface area (Å²) in [5, 5.41) is 7.45. The average molecular weight is 372 g/mol. The minimum absolute atomic E-state index is 0.0177. The van der Waals surface area contributed by atoms with Crippen molar-refractivity contribution in [3.05, 3.63) is 54.5 Å². The molecule has 0 bridgehead atoms. The SMILES string of the molecule is CNc1ncnn2c(C3CCC(COPOc4ccccc4)O3)ccc12. The van der Waals surface area contributed by atoms with Crippen LogP contribution in [-0.4, -0.2) is 34.4 Å². The largest absolute Gasteiger partial charge is 0.450 e. The molecular formula is C18H21N4O3P. The number of nitrogens with one attached hydrogen (secondary N) is 1. The smallest absolute Gasteiger partial charge is 0.215 e. The topological polar surface area (TPSA) is 69.9 Å². The van der Waals surface area contributed by atoms with Gasteiger partial charge in [0.2, 0.25) is 9.03 Å². The summed E-state index contributed by atoms with van der Waals surface area (Å²) in [6.45, 7) is 0.530. The van der Waals surface area contributed by atoms with Gasteiger partial charge in [-0.15, -0.1) is 0 Å². The Morgan fingerprint density at radius 2 is 2.12 bits per heavy atom. The van der Waals surface area contributed by atoms with Crippen molar-refractivity contribution in [3.63, 3.8) is 0 Å². The molecule has 7 nitrogen and oxygen atoms in total. The van der Waals surface area contributed by atoms with Crippen LogP contribution in [0.5, 0.6) is 5.75 Å². The van der Waals surface area contributed by atoms with E-state index in [9.17, 15) is 0 Å². The molecule has 0 saturated carbocycles. The quantitative estimate of drug-likeness (QED) is 0.505. The number of aromatic nitrogens is 3. The van der Waals surface area contributed by atoms with Gasteiger partial charge in [-0.25, -0.2) is 9.50 Å². The highest BCUT2D eigenvalue weighted by Crippen LogP contribution is 2.35. The molecule has 0 amide bonds. The zero-order valence-corrected chi connectivity index (χ0v) is 15.5. The van der Waals surface area contributed by atoms with Crippen molar-refractivity contribution in [3.8, 4) is 5.75 Å². The minimum atomic E-state index is -0.0304. The first kappa shape index (κ1) is 17.2. The van der Waals surface area contributed by atoms with Crippen molar-refractivity contribution in [1.29, 1.82) is 0 Å². The van der Waals surface area contributed by atoms with Crippen molar-refractivity contribution in [1.82, 2.24) is 14.6 Å². The van der Waals surface area contributed by atoms with Crippen molar-refractivity contribution in [2.45, 2.75) is 25.0 Å². The highest BCUT2D eigenvalue weighted by atomic mass is 31.1. The van der Waals surface area contributed by atoms with E-state index in [-0.39, 0.29) is 21.2 Å². The molecule has 8 heteroatoms. The van der Waals surface area contributed by atoms with Crippen LogP contribution in [0.2, 0.25) is 0 Å². The zero-order chi connectivity index (χ0) is 17.8. The Hall–Kier alpha value is -2.21. The Morgan fingerprint density at radius 1 is 1.23 bits per heavy atom. The lowest BCUT2D eigenvalue weighted by Crippen LogP contribution is -2.13. The second-order valence-corrected chi connectivity index (χ2v) is 6.71. The van der Waals surface area contributed by atoms with E-state index in [2.05, 4.69) is 21.5 Å². The number of nitrogens with zero attached hydrogens (tertiary/aromatic N) is 3. The number of hydrogen-bond donors (Lipinski definition) is 1. The van der Waals surface area contributed by atoms with Gasteiger partial charge in [-0.1, -0.05) is 18.2 Å². The van der Waals surface area contributed by atoms with E-state index in [1.165, 1.54) is 0 Å². The van der Waals surface area contributed by atoms with Crippen LogP contribution in [0.15, 0.2) is 48.8 Å². The predicted octanol–water partition coefficient (Wildman–Crippen LogP) is 3.60. The molecular weight excluding hydrogens is 351 g/mol. The Bertz CT molecular complexity index is 858. The fraction of sp³-hybridized carbons (Fsp3) is 0.333. The van der Waals surface area contributed by atoms with Gasteiger partial charge >= 0.3 is 0 Å². The van der Waals surface area contributed by atoms with Gasteiger partial charge in [0.25, 0.3) is 0 Å². The van der Waals surface area contributed by atoms with Crippen LogP contribution in [0, 0.1) is 0 Å². The Labute approximate surface area is 153 Å². The van der Waals surface area contributed by atoms with Crippen molar-refractivity contribution < 1.29 is 13.8 Å². The first-order chi connectivity index (χ1) is 12.8. The van der Waals surface area contributed by atoms with Gasteiger partial charge < -0.3 is 19.1 Å². The Kier molecular flexibility index (Phi) is 5.29. The van der Waals surface area contributed by atoms with Gasteiger partial charge in [-0.3, -0.25) is 0 Å². The molecule has 1 aliphatic heterocycles. The van der Waals surface area contributed by atoms with Crippen LogP contribution in [0.4, 0.5) is 5.82 Å². The summed E-state index contributed by atoms with van der Waals surface area (Å²) in [6, 6.07) is 13.7. The van der Waals surface area contributed by atoms with Gasteiger partial charge in [0.15, 0.2) is 5.82 Å². The lowest BCUT2D eigenvalue weighted by atomic mass is 10.1. The van der Waals surface area contributed by atoms with Crippen LogP contribution < -0.4 is 9.84 Å². The van der Waals surface area contributed by atoms with Crippen LogP contribution in [0.3, 0.4) is 0 Å². The van der Waals surface area contributed by atoms with E-state index in [0.717, 1.165) is 35.6 Å². The van der Waals surface area contributed by atoms with E-state index in [1.54, 1.807) is 6.33 Å². The van der Waals surface area contributed by atoms with Gasteiger partial charge in [0, 0.05) is 7.05 Å². The number of para-hydroxylation sites is 1. The Morgan fingerprint density at radius 3 is 2.96 bits per heavy atom. The monoisotopic (exact) mass is 372 g/mol. The van der Waals surface area contributed by atoms with Crippen molar-refractivity contribution >= 4 is 20.4 Å². The van der Waals surface area contributed by atoms with Gasteiger partial charge in [0.1, 0.15) is 23.7 Å². The average Bonchev–Trinajstić information content (AvgIpc) is 3.32. The van der Waals surface area contributed by atoms with E-state index < -0.39 is 0 Å². The molecule has 3 unspecified atom stereocenters. The van der Waals surface area contributed by atoms with Crippen LogP contribution in [0.25, 0.3) is 5.52 Å². The fourth-order valence-corrected chi connectivity index (χ4v) is 3.67. The second kappa shape index (κ2) is 7.99. The third-order valence-corrected chi connectivity index (χ3v) is 4.99. The second-order valence-electron chi connectivity index (χ2n) is 6.05. The number of hydrogen-bond acceptors (Lipinski definition) is 6. The number of anilines is 1. The molecule has 1 N–H and O–H groups in total. The summed E-state index contributed by atoms with van der Waals surface area (Å²) in [5.41, 5.74) is 2.00. The maximum absolute atomic E-state index is 6.16. The van der Waals surface area contributed by atoms with E-state index in [0.29, 0.717) is 6.61 Å². The number of rotatable bonds is 7. The van der Waals surface area contributed by atoms with Crippen molar-refractivity contribution in [2.75, 3.05) is 19.0 Å². The molecule has 2 aromatic heterocycles. The number of benzene rings is 1. The molecule has 0 radical (unpaired) electrons. The van der Waals surface area contributed by atoms with Gasteiger partial charge in [-0.2, -0.15) is 5.10 Å². The molecule has 0 aliphatic carbocycles. The molecule has 1 aromatic carbocycles.